The SMILES string of the molecule is CCc1ccc(CN2C(=O)C(=O)c3cc(Cl)ccc32)cc1. The Bertz CT molecular complexity index is 722. The number of fused-ring (bicyclic) bond motifs is 1. The molecule has 4 heteroatoms. The summed E-state index contributed by atoms with van der Waals surface area (Å²) in [5.74, 6) is -0.982. The topological polar surface area (TPSA) is 37.4 Å². The summed E-state index contributed by atoms with van der Waals surface area (Å²) in [6.45, 7) is 2.49. The predicted molar refractivity (Wildman–Crippen MR) is 82.8 cm³/mol. The van der Waals surface area contributed by atoms with E-state index in [1.54, 1.807) is 18.2 Å². The Hall–Kier alpha value is -2.13. The third kappa shape index (κ3) is 2.45. The molecule has 0 radical (unpaired) electrons. The molecule has 2 aromatic rings. The van der Waals surface area contributed by atoms with E-state index < -0.39 is 11.7 Å². The summed E-state index contributed by atoms with van der Waals surface area (Å²) in [6.07, 6.45) is 0.975. The van der Waals surface area contributed by atoms with Crippen LogP contribution >= 0.6 is 11.6 Å². The molecular formula is C17H14ClNO2. The lowest BCUT2D eigenvalue weighted by Crippen LogP contribution is -2.29. The molecule has 21 heavy (non-hydrogen) atoms. The molecule has 0 saturated carbocycles. The number of aryl methyl sites for hydroxylation is 1. The number of hydrogen-bond donors (Lipinski definition) is 0. The van der Waals surface area contributed by atoms with Crippen LogP contribution in [0.3, 0.4) is 0 Å². The summed E-state index contributed by atoms with van der Waals surface area (Å²) in [6, 6.07) is 13.0. The van der Waals surface area contributed by atoms with Crippen molar-refractivity contribution in [2.75, 3.05) is 4.90 Å². The van der Waals surface area contributed by atoms with Crippen LogP contribution in [-0.2, 0) is 17.8 Å². The van der Waals surface area contributed by atoms with Crippen molar-refractivity contribution in [3.63, 3.8) is 0 Å². The van der Waals surface area contributed by atoms with Crippen LogP contribution in [0.25, 0.3) is 0 Å². The van der Waals surface area contributed by atoms with Gasteiger partial charge < -0.3 is 4.90 Å². The number of anilines is 1. The molecule has 2 aromatic carbocycles. The van der Waals surface area contributed by atoms with Crippen molar-refractivity contribution in [3.05, 3.63) is 64.2 Å². The molecule has 0 aliphatic carbocycles. The van der Waals surface area contributed by atoms with Crippen LogP contribution in [0.4, 0.5) is 5.69 Å². The van der Waals surface area contributed by atoms with Crippen LogP contribution in [0.15, 0.2) is 42.5 Å². The van der Waals surface area contributed by atoms with Crippen LogP contribution in [0.1, 0.15) is 28.4 Å². The lowest BCUT2D eigenvalue weighted by Gasteiger charge is -2.16. The molecule has 3 nitrogen and oxygen atoms in total. The van der Waals surface area contributed by atoms with Gasteiger partial charge in [-0.25, -0.2) is 0 Å². The monoisotopic (exact) mass is 299 g/mol. The molecule has 106 valence electrons. The first kappa shape index (κ1) is 13.8. The highest BCUT2D eigenvalue weighted by atomic mass is 35.5. The minimum atomic E-state index is -0.494. The molecule has 0 spiro atoms. The number of carbonyl (C=O) groups excluding carboxylic acids is 2. The molecule has 0 N–H and O–H groups in total. The third-order valence-corrected chi connectivity index (χ3v) is 3.94. The number of rotatable bonds is 3. The van der Waals surface area contributed by atoms with Crippen molar-refractivity contribution < 1.29 is 9.59 Å². The molecule has 0 saturated heterocycles. The van der Waals surface area contributed by atoms with Gasteiger partial charge in [-0.05, 0) is 35.7 Å². The van der Waals surface area contributed by atoms with Crippen molar-refractivity contribution in [1.29, 1.82) is 0 Å². The summed E-state index contributed by atoms with van der Waals surface area (Å²) in [4.78, 5) is 25.6. The second-order valence-electron chi connectivity index (χ2n) is 5.05. The van der Waals surface area contributed by atoms with E-state index in [9.17, 15) is 9.59 Å². The zero-order valence-electron chi connectivity index (χ0n) is 11.6. The first-order valence-corrected chi connectivity index (χ1v) is 7.21. The van der Waals surface area contributed by atoms with Gasteiger partial charge in [0.1, 0.15) is 0 Å². The fraction of sp³-hybridized carbons (Fsp3) is 0.176. The molecule has 0 fully saturated rings. The summed E-state index contributed by atoms with van der Waals surface area (Å²) in [5, 5.41) is 0.462. The van der Waals surface area contributed by atoms with Gasteiger partial charge in [0.25, 0.3) is 11.7 Å². The second-order valence-corrected chi connectivity index (χ2v) is 5.49. The summed E-state index contributed by atoms with van der Waals surface area (Å²) >= 11 is 5.90. The van der Waals surface area contributed by atoms with Crippen molar-refractivity contribution >= 4 is 29.0 Å². The van der Waals surface area contributed by atoms with Crippen molar-refractivity contribution in [3.8, 4) is 0 Å². The molecule has 1 aliphatic heterocycles. The maximum atomic E-state index is 12.1. The van der Waals surface area contributed by atoms with Crippen LogP contribution in [0, 0.1) is 0 Å². The van der Waals surface area contributed by atoms with Gasteiger partial charge >= 0.3 is 0 Å². The van der Waals surface area contributed by atoms with E-state index in [0.717, 1.165) is 12.0 Å². The molecule has 0 atom stereocenters. The normalized spacial score (nSPS) is 13.7. The van der Waals surface area contributed by atoms with Crippen LogP contribution in [-0.4, -0.2) is 11.7 Å². The lowest BCUT2D eigenvalue weighted by molar-refractivity contribution is -0.114. The standard InChI is InChI=1S/C17H14ClNO2/c1-2-11-3-5-12(6-4-11)10-19-15-8-7-13(18)9-14(15)16(20)17(19)21/h3-9H,2,10H2,1H3. The Kier molecular flexibility index (Phi) is 3.52. The molecule has 0 unspecified atom stereocenters. The lowest BCUT2D eigenvalue weighted by atomic mass is 10.1. The van der Waals surface area contributed by atoms with E-state index in [4.69, 9.17) is 11.6 Å². The van der Waals surface area contributed by atoms with E-state index in [0.29, 0.717) is 22.8 Å². The number of ketones is 1. The van der Waals surface area contributed by atoms with Gasteiger partial charge in [0.05, 0.1) is 17.8 Å². The Morgan fingerprint density at radius 3 is 2.33 bits per heavy atom. The van der Waals surface area contributed by atoms with Gasteiger partial charge in [-0.2, -0.15) is 0 Å². The van der Waals surface area contributed by atoms with E-state index in [1.165, 1.54) is 10.5 Å². The van der Waals surface area contributed by atoms with E-state index in [1.807, 2.05) is 24.3 Å². The molecular weight excluding hydrogens is 286 g/mol. The van der Waals surface area contributed by atoms with Crippen molar-refractivity contribution in [1.82, 2.24) is 0 Å². The number of hydrogen-bond acceptors (Lipinski definition) is 2. The zero-order valence-corrected chi connectivity index (χ0v) is 12.4. The summed E-state index contributed by atoms with van der Waals surface area (Å²) in [7, 11) is 0. The Morgan fingerprint density at radius 2 is 1.67 bits per heavy atom. The van der Waals surface area contributed by atoms with E-state index in [-0.39, 0.29) is 0 Å². The number of carbonyl (C=O) groups is 2. The zero-order chi connectivity index (χ0) is 15.0. The summed E-state index contributed by atoms with van der Waals surface area (Å²) < 4.78 is 0. The largest absolute Gasteiger partial charge is 0.300 e. The minimum Gasteiger partial charge on any atom is -0.300 e. The highest BCUT2D eigenvalue weighted by Gasteiger charge is 2.35. The highest BCUT2D eigenvalue weighted by Crippen LogP contribution is 2.32. The molecule has 0 aromatic heterocycles. The highest BCUT2D eigenvalue weighted by molar-refractivity contribution is 6.52. The predicted octanol–water partition coefficient (Wildman–Crippen LogP) is 3.63. The molecule has 1 heterocycles. The van der Waals surface area contributed by atoms with Gasteiger partial charge in [-0.15, -0.1) is 0 Å². The summed E-state index contributed by atoms with van der Waals surface area (Å²) in [5.41, 5.74) is 3.26. The average Bonchev–Trinajstić information content (AvgIpc) is 2.73. The Morgan fingerprint density at radius 1 is 1.00 bits per heavy atom. The average molecular weight is 300 g/mol. The first-order chi connectivity index (χ1) is 10.1. The number of amides is 1. The van der Waals surface area contributed by atoms with Crippen molar-refractivity contribution in [2.24, 2.45) is 0 Å². The number of nitrogens with zero attached hydrogens (tertiary/aromatic N) is 1. The van der Waals surface area contributed by atoms with Gasteiger partial charge in [-0.1, -0.05) is 42.8 Å². The number of halogens is 1. The van der Waals surface area contributed by atoms with Gasteiger partial charge in [0.2, 0.25) is 0 Å². The van der Waals surface area contributed by atoms with Crippen LogP contribution < -0.4 is 4.90 Å². The smallest absolute Gasteiger partial charge is 0.299 e. The molecule has 0 bridgehead atoms. The third-order valence-electron chi connectivity index (χ3n) is 3.71. The van der Waals surface area contributed by atoms with Gasteiger partial charge in [0.15, 0.2) is 0 Å². The Balaban J connectivity index is 1.92. The Labute approximate surface area is 128 Å². The van der Waals surface area contributed by atoms with Crippen molar-refractivity contribution in [2.45, 2.75) is 19.9 Å². The minimum absolute atomic E-state index is 0.387. The number of Topliss-reactive ketones (excluding diaryl/α,β-unsaturated/α-hetero) is 1. The second kappa shape index (κ2) is 5.34. The maximum Gasteiger partial charge on any atom is 0.299 e. The van der Waals surface area contributed by atoms with E-state index >= 15 is 0 Å². The van der Waals surface area contributed by atoms with Gasteiger partial charge in [-0.3, -0.25) is 9.59 Å². The quantitative estimate of drug-likeness (QED) is 0.812. The van der Waals surface area contributed by atoms with Gasteiger partial charge in [0, 0.05) is 5.02 Å². The molecule has 1 amide bonds. The van der Waals surface area contributed by atoms with Crippen LogP contribution in [0.5, 0.6) is 0 Å². The van der Waals surface area contributed by atoms with Crippen LogP contribution in [0.2, 0.25) is 5.02 Å². The number of benzene rings is 2. The maximum absolute atomic E-state index is 12.1. The fourth-order valence-electron chi connectivity index (χ4n) is 2.49. The van der Waals surface area contributed by atoms with E-state index in [2.05, 4.69) is 6.92 Å². The molecule has 3 rings (SSSR count). The first-order valence-electron chi connectivity index (χ1n) is 6.83. The fourth-order valence-corrected chi connectivity index (χ4v) is 2.66. The molecule has 1 aliphatic rings.